The fraction of sp³-hybridized carbons (Fsp3) is 0.600. The Morgan fingerprint density at radius 3 is 2.48 bits per heavy atom. The van der Waals surface area contributed by atoms with Crippen LogP contribution in [0, 0.1) is 0 Å². The second kappa shape index (κ2) is 8.20. The summed E-state index contributed by atoms with van der Waals surface area (Å²) in [6, 6.07) is 0. The molecule has 1 aromatic rings. The first-order chi connectivity index (χ1) is 13.9. The highest BCUT2D eigenvalue weighted by Crippen LogP contribution is 2.39. The Kier molecular flexibility index (Phi) is 5.81. The second-order valence-corrected chi connectivity index (χ2v) is 11.0. The van der Waals surface area contributed by atoms with Gasteiger partial charge in [-0.2, -0.15) is 4.31 Å². The lowest BCUT2D eigenvalue weighted by molar-refractivity contribution is -0.128. The summed E-state index contributed by atoms with van der Waals surface area (Å²) < 4.78 is 33.1. The zero-order valence-electron chi connectivity index (χ0n) is 16.6. The number of allylic oxidation sites excluding steroid dienone is 1. The smallest absolute Gasteiger partial charge is 0.340 e. The standard InChI is InChI=1S/C20H26N2O5S2/c1-27-19(24)17-15-9-12-21(18(23)14-7-3-4-8-14)13-16(15)28-20(17)29(25,26)22-10-5-2-6-11-22/h7H,2-6,8-13H2,1H3. The van der Waals surface area contributed by atoms with Gasteiger partial charge in [0.25, 0.3) is 10.0 Å². The summed E-state index contributed by atoms with van der Waals surface area (Å²) in [6.45, 7) is 1.78. The maximum absolute atomic E-state index is 13.3. The molecule has 3 aliphatic rings. The van der Waals surface area contributed by atoms with Gasteiger partial charge in [0.1, 0.15) is 4.21 Å². The first-order valence-electron chi connectivity index (χ1n) is 10.1. The Balaban J connectivity index is 1.69. The van der Waals surface area contributed by atoms with Crippen LogP contribution in [-0.2, 0) is 32.5 Å². The van der Waals surface area contributed by atoms with E-state index in [0.29, 0.717) is 32.6 Å². The monoisotopic (exact) mass is 438 g/mol. The van der Waals surface area contributed by atoms with Gasteiger partial charge in [0.2, 0.25) is 5.91 Å². The van der Waals surface area contributed by atoms with Crippen LogP contribution in [-0.4, -0.2) is 56.2 Å². The number of piperidine rings is 1. The van der Waals surface area contributed by atoms with Gasteiger partial charge in [0.15, 0.2) is 0 Å². The number of amides is 1. The SMILES string of the molecule is COC(=O)c1c(S(=O)(=O)N2CCCCC2)sc2c1CCN(C(=O)C1=CCCC1)C2. The molecule has 3 heterocycles. The predicted molar refractivity (Wildman–Crippen MR) is 109 cm³/mol. The minimum atomic E-state index is -3.76. The Bertz CT molecular complexity index is 958. The number of carbonyl (C=O) groups excluding carboxylic acids is 2. The number of hydrogen-bond donors (Lipinski definition) is 0. The van der Waals surface area contributed by atoms with Crippen molar-refractivity contribution in [3.05, 3.63) is 27.7 Å². The molecule has 9 heteroatoms. The highest BCUT2D eigenvalue weighted by molar-refractivity contribution is 7.91. The summed E-state index contributed by atoms with van der Waals surface area (Å²) in [5, 5.41) is 0. The summed E-state index contributed by atoms with van der Waals surface area (Å²) in [7, 11) is -2.49. The van der Waals surface area contributed by atoms with Crippen LogP contribution in [0.15, 0.2) is 15.9 Å². The zero-order valence-corrected chi connectivity index (χ0v) is 18.2. The molecule has 0 atom stereocenters. The Hall–Kier alpha value is -1.71. The van der Waals surface area contributed by atoms with Gasteiger partial charge in [-0.05, 0) is 44.1 Å². The van der Waals surface area contributed by atoms with E-state index < -0.39 is 16.0 Å². The number of sulfonamides is 1. The number of esters is 1. The van der Waals surface area contributed by atoms with Crippen molar-refractivity contribution in [3.8, 4) is 0 Å². The van der Waals surface area contributed by atoms with Gasteiger partial charge in [0, 0.05) is 30.1 Å². The fourth-order valence-electron chi connectivity index (χ4n) is 4.33. The summed E-state index contributed by atoms with van der Waals surface area (Å²) in [6.07, 6.45) is 7.87. The number of carbonyl (C=O) groups is 2. The highest BCUT2D eigenvalue weighted by atomic mass is 32.2. The molecular formula is C20H26N2O5S2. The number of fused-ring (bicyclic) bond motifs is 1. The van der Waals surface area contributed by atoms with Crippen LogP contribution in [0.1, 0.15) is 59.3 Å². The normalized spacial score (nSPS) is 20.3. The van der Waals surface area contributed by atoms with Crippen molar-refractivity contribution >= 4 is 33.2 Å². The van der Waals surface area contributed by atoms with E-state index in [4.69, 9.17) is 4.74 Å². The van der Waals surface area contributed by atoms with Crippen molar-refractivity contribution < 1.29 is 22.7 Å². The Labute approximate surface area is 175 Å². The molecule has 4 rings (SSSR count). The number of thiophene rings is 1. The van der Waals surface area contributed by atoms with Gasteiger partial charge in [0.05, 0.1) is 19.2 Å². The predicted octanol–water partition coefficient (Wildman–Crippen LogP) is 2.70. The molecule has 0 saturated carbocycles. The average molecular weight is 439 g/mol. The minimum Gasteiger partial charge on any atom is -0.465 e. The molecule has 1 saturated heterocycles. The van der Waals surface area contributed by atoms with Crippen molar-refractivity contribution in [3.63, 3.8) is 0 Å². The van der Waals surface area contributed by atoms with Crippen molar-refractivity contribution in [2.45, 2.75) is 55.7 Å². The molecule has 1 fully saturated rings. The number of ether oxygens (including phenoxy) is 1. The molecule has 0 aromatic carbocycles. The van der Waals surface area contributed by atoms with E-state index >= 15 is 0 Å². The molecular weight excluding hydrogens is 412 g/mol. The molecule has 0 bridgehead atoms. The maximum Gasteiger partial charge on any atom is 0.340 e. The summed E-state index contributed by atoms with van der Waals surface area (Å²) in [5.74, 6) is -0.585. The number of nitrogens with zero attached hydrogens (tertiary/aromatic N) is 2. The lowest BCUT2D eigenvalue weighted by atomic mass is 10.0. The van der Waals surface area contributed by atoms with E-state index in [1.165, 1.54) is 11.4 Å². The molecule has 0 radical (unpaired) electrons. The molecule has 0 N–H and O–H groups in total. The average Bonchev–Trinajstić information content (AvgIpc) is 3.41. The van der Waals surface area contributed by atoms with Gasteiger partial charge in [-0.3, -0.25) is 4.79 Å². The van der Waals surface area contributed by atoms with Gasteiger partial charge in [-0.25, -0.2) is 13.2 Å². The molecule has 29 heavy (non-hydrogen) atoms. The first kappa shape index (κ1) is 20.6. The second-order valence-electron chi connectivity index (χ2n) is 7.72. The molecule has 1 aromatic heterocycles. The van der Waals surface area contributed by atoms with E-state index in [1.807, 2.05) is 6.08 Å². The third kappa shape index (κ3) is 3.75. The van der Waals surface area contributed by atoms with Gasteiger partial charge in [-0.1, -0.05) is 12.5 Å². The maximum atomic E-state index is 13.3. The van der Waals surface area contributed by atoms with Crippen LogP contribution in [0.25, 0.3) is 0 Å². The van der Waals surface area contributed by atoms with Gasteiger partial charge < -0.3 is 9.64 Å². The van der Waals surface area contributed by atoms with Crippen molar-refractivity contribution in [2.75, 3.05) is 26.7 Å². The van der Waals surface area contributed by atoms with E-state index in [2.05, 4.69) is 0 Å². The Morgan fingerprint density at radius 1 is 1.07 bits per heavy atom. The minimum absolute atomic E-state index is 0.0293. The lowest BCUT2D eigenvalue weighted by Gasteiger charge is -2.27. The first-order valence-corrected chi connectivity index (χ1v) is 12.4. The van der Waals surface area contributed by atoms with Crippen molar-refractivity contribution in [2.24, 2.45) is 0 Å². The van der Waals surface area contributed by atoms with E-state index in [-0.39, 0.29) is 15.7 Å². The van der Waals surface area contributed by atoms with E-state index in [9.17, 15) is 18.0 Å². The highest BCUT2D eigenvalue weighted by Gasteiger charge is 2.38. The Morgan fingerprint density at radius 2 is 1.83 bits per heavy atom. The zero-order chi connectivity index (χ0) is 20.6. The van der Waals surface area contributed by atoms with Gasteiger partial charge in [-0.15, -0.1) is 11.3 Å². The van der Waals surface area contributed by atoms with Crippen molar-refractivity contribution in [1.29, 1.82) is 0 Å². The molecule has 0 unspecified atom stereocenters. The molecule has 1 amide bonds. The number of rotatable bonds is 4. The third-order valence-corrected chi connectivity index (χ3v) is 9.52. The largest absolute Gasteiger partial charge is 0.465 e. The topological polar surface area (TPSA) is 84.0 Å². The number of hydrogen-bond acceptors (Lipinski definition) is 6. The number of methoxy groups -OCH3 is 1. The van der Waals surface area contributed by atoms with Crippen LogP contribution >= 0.6 is 11.3 Å². The van der Waals surface area contributed by atoms with Crippen LogP contribution < -0.4 is 0 Å². The lowest BCUT2D eigenvalue weighted by Crippen LogP contribution is -2.36. The molecule has 1 aliphatic carbocycles. The third-order valence-electron chi connectivity index (χ3n) is 5.91. The van der Waals surface area contributed by atoms with Crippen LogP contribution in [0.3, 0.4) is 0 Å². The van der Waals surface area contributed by atoms with Crippen LogP contribution in [0.4, 0.5) is 0 Å². The summed E-state index contributed by atoms with van der Waals surface area (Å²) in [5.41, 5.74) is 1.74. The molecule has 2 aliphatic heterocycles. The van der Waals surface area contributed by atoms with E-state index in [0.717, 1.165) is 65.9 Å². The van der Waals surface area contributed by atoms with Gasteiger partial charge >= 0.3 is 5.97 Å². The molecule has 7 nitrogen and oxygen atoms in total. The van der Waals surface area contributed by atoms with Crippen molar-refractivity contribution in [1.82, 2.24) is 9.21 Å². The fourth-order valence-corrected chi connectivity index (χ4v) is 7.89. The summed E-state index contributed by atoms with van der Waals surface area (Å²) in [4.78, 5) is 27.9. The molecule has 0 spiro atoms. The molecule has 158 valence electrons. The summed E-state index contributed by atoms with van der Waals surface area (Å²) >= 11 is 1.13. The van der Waals surface area contributed by atoms with Crippen LogP contribution in [0.2, 0.25) is 0 Å². The quantitative estimate of drug-likeness (QED) is 0.675. The van der Waals surface area contributed by atoms with E-state index in [1.54, 1.807) is 4.90 Å². The van der Waals surface area contributed by atoms with Crippen LogP contribution in [0.5, 0.6) is 0 Å².